The van der Waals surface area contributed by atoms with E-state index in [0.29, 0.717) is 6.04 Å². The third-order valence-electron chi connectivity index (χ3n) is 4.59. The average molecular weight is 376 g/mol. The standard InChI is InChI=1S/C21H24N6O/c1-13(2)23-19-10-14(3)24-21-20(15(4)25-27(19)21)17-7-6-16(11-18(17)28-5)26-9-8-22-12-26/h6-13,23H,1-5H3. The fourth-order valence-corrected chi connectivity index (χ4v) is 3.42. The molecular weight excluding hydrogens is 352 g/mol. The van der Waals surface area contributed by atoms with Gasteiger partial charge in [-0.2, -0.15) is 9.61 Å². The molecule has 4 rings (SSSR count). The lowest BCUT2D eigenvalue weighted by atomic mass is 10.0. The molecule has 0 saturated carbocycles. The molecule has 0 fully saturated rings. The van der Waals surface area contributed by atoms with Crippen molar-refractivity contribution in [1.29, 1.82) is 0 Å². The Morgan fingerprint density at radius 2 is 1.96 bits per heavy atom. The second-order valence-electron chi connectivity index (χ2n) is 7.13. The SMILES string of the molecule is COc1cc(-n2ccnc2)ccc1-c1c(C)nn2c(NC(C)C)cc(C)nc12. The monoisotopic (exact) mass is 376 g/mol. The van der Waals surface area contributed by atoms with Crippen LogP contribution in [0.15, 0.2) is 43.0 Å². The molecule has 7 heteroatoms. The van der Waals surface area contributed by atoms with Crippen LogP contribution in [0.25, 0.3) is 22.5 Å². The molecule has 0 radical (unpaired) electrons. The van der Waals surface area contributed by atoms with E-state index in [9.17, 15) is 0 Å². The van der Waals surface area contributed by atoms with Gasteiger partial charge in [0.2, 0.25) is 0 Å². The van der Waals surface area contributed by atoms with Crippen molar-refractivity contribution in [1.82, 2.24) is 24.1 Å². The van der Waals surface area contributed by atoms with Gasteiger partial charge in [-0.05, 0) is 39.8 Å². The van der Waals surface area contributed by atoms with E-state index < -0.39 is 0 Å². The Labute approximate surface area is 164 Å². The van der Waals surface area contributed by atoms with Gasteiger partial charge in [-0.25, -0.2) is 9.97 Å². The van der Waals surface area contributed by atoms with Crippen LogP contribution in [0.1, 0.15) is 25.2 Å². The van der Waals surface area contributed by atoms with Crippen LogP contribution >= 0.6 is 0 Å². The van der Waals surface area contributed by atoms with E-state index in [1.54, 1.807) is 19.6 Å². The van der Waals surface area contributed by atoms with Crippen molar-refractivity contribution in [3.8, 4) is 22.6 Å². The molecule has 144 valence electrons. The van der Waals surface area contributed by atoms with Crippen LogP contribution in [0, 0.1) is 13.8 Å². The number of imidazole rings is 1. The molecule has 0 aliphatic rings. The summed E-state index contributed by atoms with van der Waals surface area (Å²) in [5.41, 5.74) is 5.58. The van der Waals surface area contributed by atoms with Crippen LogP contribution in [0.2, 0.25) is 0 Å². The highest BCUT2D eigenvalue weighted by Gasteiger charge is 2.19. The molecule has 3 aromatic heterocycles. The van der Waals surface area contributed by atoms with Gasteiger partial charge < -0.3 is 14.6 Å². The smallest absolute Gasteiger partial charge is 0.165 e. The lowest BCUT2D eigenvalue weighted by molar-refractivity contribution is 0.416. The highest BCUT2D eigenvalue weighted by molar-refractivity contribution is 5.85. The topological polar surface area (TPSA) is 69.3 Å². The second-order valence-corrected chi connectivity index (χ2v) is 7.13. The van der Waals surface area contributed by atoms with E-state index in [0.717, 1.165) is 45.4 Å². The number of ether oxygens (including phenoxy) is 1. The van der Waals surface area contributed by atoms with Crippen molar-refractivity contribution < 1.29 is 4.74 Å². The largest absolute Gasteiger partial charge is 0.496 e. The quantitative estimate of drug-likeness (QED) is 0.569. The normalized spacial score (nSPS) is 11.4. The molecule has 1 N–H and O–H groups in total. The third-order valence-corrected chi connectivity index (χ3v) is 4.59. The number of hydrogen-bond acceptors (Lipinski definition) is 5. The Balaban J connectivity index is 1.92. The van der Waals surface area contributed by atoms with Crippen molar-refractivity contribution in [2.75, 3.05) is 12.4 Å². The summed E-state index contributed by atoms with van der Waals surface area (Å²) in [7, 11) is 1.68. The van der Waals surface area contributed by atoms with Crippen LogP contribution < -0.4 is 10.1 Å². The minimum atomic E-state index is 0.293. The molecule has 7 nitrogen and oxygen atoms in total. The summed E-state index contributed by atoms with van der Waals surface area (Å²) in [6.45, 7) is 8.21. The van der Waals surface area contributed by atoms with E-state index in [1.165, 1.54) is 0 Å². The summed E-state index contributed by atoms with van der Waals surface area (Å²) in [5.74, 6) is 1.70. The van der Waals surface area contributed by atoms with Gasteiger partial charge in [-0.1, -0.05) is 0 Å². The average Bonchev–Trinajstić information content (AvgIpc) is 3.29. The fourth-order valence-electron chi connectivity index (χ4n) is 3.42. The van der Waals surface area contributed by atoms with Gasteiger partial charge >= 0.3 is 0 Å². The maximum Gasteiger partial charge on any atom is 0.165 e. The number of nitrogens with one attached hydrogen (secondary N) is 1. The minimum Gasteiger partial charge on any atom is -0.496 e. The van der Waals surface area contributed by atoms with Crippen molar-refractivity contribution in [3.05, 3.63) is 54.4 Å². The Hall–Kier alpha value is -3.35. The first kappa shape index (κ1) is 18.0. The first-order chi connectivity index (χ1) is 13.5. The molecular formula is C21H24N6O. The predicted octanol–water partition coefficient (Wildman–Crippen LogP) is 4.03. The first-order valence-corrected chi connectivity index (χ1v) is 9.28. The van der Waals surface area contributed by atoms with Gasteiger partial charge in [0, 0.05) is 41.8 Å². The number of rotatable bonds is 5. The van der Waals surface area contributed by atoms with Crippen LogP contribution in [0.3, 0.4) is 0 Å². The van der Waals surface area contributed by atoms with Crippen LogP contribution in [-0.4, -0.2) is 37.3 Å². The number of anilines is 1. The predicted molar refractivity (Wildman–Crippen MR) is 110 cm³/mol. The molecule has 4 aromatic rings. The van der Waals surface area contributed by atoms with Crippen molar-refractivity contribution in [3.63, 3.8) is 0 Å². The van der Waals surface area contributed by atoms with Gasteiger partial charge in [0.05, 0.1) is 30.4 Å². The van der Waals surface area contributed by atoms with E-state index in [1.807, 2.05) is 47.3 Å². The number of benzene rings is 1. The third kappa shape index (κ3) is 3.09. The minimum absolute atomic E-state index is 0.293. The molecule has 0 unspecified atom stereocenters. The number of aryl methyl sites for hydroxylation is 2. The van der Waals surface area contributed by atoms with E-state index >= 15 is 0 Å². The van der Waals surface area contributed by atoms with Crippen LogP contribution in [0.5, 0.6) is 5.75 Å². The Morgan fingerprint density at radius 1 is 1.14 bits per heavy atom. The van der Waals surface area contributed by atoms with Crippen molar-refractivity contribution in [2.24, 2.45) is 0 Å². The number of methoxy groups -OCH3 is 1. The molecule has 0 aliphatic carbocycles. The molecule has 0 aliphatic heterocycles. The zero-order chi connectivity index (χ0) is 19.8. The molecule has 0 saturated heterocycles. The number of nitrogens with zero attached hydrogens (tertiary/aromatic N) is 5. The molecule has 0 amide bonds. The summed E-state index contributed by atoms with van der Waals surface area (Å²) in [6.07, 6.45) is 5.43. The summed E-state index contributed by atoms with van der Waals surface area (Å²) in [5, 5.41) is 8.21. The van der Waals surface area contributed by atoms with E-state index in [-0.39, 0.29) is 0 Å². The summed E-state index contributed by atoms with van der Waals surface area (Å²) in [4.78, 5) is 8.89. The van der Waals surface area contributed by atoms with E-state index in [2.05, 4.69) is 30.2 Å². The maximum absolute atomic E-state index is 5.72. The molecule has 0 atom stereocenters. The first-order valence-electron chi connectivity index (χ1n) is 9.28. The molecule has 0 bridgehead atoms. The van der Waals surface area contributed by atoms with Gasteiger partial charge in [0.1, 0.15) is 11.6 Å². The van der Waals surface area contributed by atoms with Gasteiger partial charge in [-0.3, -0.25) is 0 Å². The second kappa shape index (κ2) is 6.99. The molecule has 1 aromatic carbocycles. The zero-order valence-corrected chi connectivity index (χ0v) is 16.8. The van der Waals surface area contributed by atoms with Crippen LogP contribution in [0.4, 0.5) is 5.82 Å². The van der Waals surface area contributed by atoms with Crippen molar-refractivity contribution in [2.45, 2.75) is 33.7 Å². The Bertz CT molecular complexity index is 1130. The summed E-state index contributed by atoms with van der Waals surface area (Å²) < 4.78 is 9.55. The number of aromatic nitrogens is 5. The molecule has 0 spiro atoms. The maximum atomic E-state index is 5.72. The summed E-state index contributed by atoms with van der Waals surface area (Å²) >= 11 is 0. The highest BCUT2D eigenvalue weighted by atomic mass is 16.5. The van der Waals surface area contributed by atoms with Crippen molar-refractivity contribution >= 4 is 11.5 Å². The van der Waals surface area contributed by atoms with Gasteiger partial charge in [0.15, 0.2) is 5.65 Å². The molecule has 3 heterocycles. The number of hydrogen-bond donors (Lipinski definition) is 1. The number of fused-ring (bicyclic) bond motifs is 1. The Kier molecular flexibility index (Phi) is 4.50. The van der Waals surface area contributed by atoms with Gasteiger partial charge in [-0.15, -0.1) is 0 Å². The fraction of sp³-hybridized carbons (Fsp3) is 0.286. The lowest BCUT2D eigenvalue weighted by Crippen LogP contribution is -2.14. The lowest BCUT2D eigenvalue weighted by Gasteiger charge is -2.13. The zero-order valence-electron chi connectivity index (χ0n) is 16.8. The van der Waals surface area contributed by atoms with Gasteiger partial charge in [0.25, 0.3) is 0 Å². The molecule has 28 heavy (non-hydrogen) atoms. The Morgan fingerprint density at radius 3 is 2.64 bits per heavy atom. The summed E-state index contributed by atoms with van der Waals surface area (Å²) in [6, 6.07) is 8.41. The highest BCUT2D eigenvalue weighted by Crippen LogP contribution is 2.37. The van der Waals surface area contributed by atoms with E-state index in [4.69, 9.17) is 14.8 Å². The van der Waals surface area contributed by atoms with Crippen LogP contribution in [-0.2, 0) is 0 Å².